The van der Waals surface area contributed by atoms with Crippen LogP contribution in [-0.2, 0) is 0 Å². The lowest BCUT2D eigenvalue weighted by atomic mass is 10.2. The van der Waals surface area contributed by atoms with Gasteiger partial charge >= 0.3 is 0 Å². The maximum Gasteiger partial charge on any atom is 0.105 e. The molecule has 0 aliphatic heterocycles. The Kier molecular flexibility index (Phi) is 3.59. The van der Waals surface area contributed by atoms with Crippen LogP contribution in [0.4, 0.5) is 5.69 Å². The molecule has 2 aromatic rings. The van der Waals surface area contributed by atoms with Crippen molar-refractivity contribution in [3.8, 4) is 0 Å². The molecule has 0 aliphatic rings. The van der Waals surface area contributed by atoms with Gasteiger partial charge in [-0.1, -0.05) is 18.2 Å². The van der Waals surface area contributed by atoms with E-state index in [0.717, 1.165) is 10.6 Å². The maximum absolute atomic E-state index is 9.94. The smallest absolute Gasteiger partial charge is 0.105 e. The van der Waals surface area contributed by atoms with Gasteiger partial charge in [0, 0.05) is 22.0 Å². The number of benzene rings is 1. The van der Waals surface area contributed by atoms with Gasteiger partial charge in [0.2, 0.25) is 0 Å². The molecule has 0 amide bonds. The van der Waals surface area contributed by atoms with Crippen LogP contribution >= 0.6 is 11.3 Å². The van der Waals surface area contributed by atoms with Gasteiger partial charge in [-0.2, -0.15) is 0 Å². The predicted octanol–water partition coefficient (Wildman–Crippen LogP) is 3.20. The number of anilines is 1. The molecule has 1 heterocycles. The van der Waals surface area contributed by atoms with Gasteiger partial charge in [-0.3, -0.25) is 0 Å². The lowest BCUT2D eigenvalue weighted by Crippen LogP contribution is -2.10. The van der Waals surface area contributed by atoms with Crippen LogP contribution in [0.15, 0.2) is 42.5 Å². The van der Waals surface area contributed by atoms with E-state index < -0.39 is 6.10 Å². The van der Waals surface area contributed by atoms with Gasteiger partial charge in [0.15, 0.2) is 0 Å². The van der Waals surface area contributed by atoms with Crippen molar-refractivity contribution in [2.24, 2.45) is 0 Å². The fourth-order valence-electron chi connectivity index (χ4n) is 1.50. The number of thiophene rings is 1. The highest BCUT2D eigenvalue weighted by Crippen LogP contribution is 2.22. The van der Waals surface area contributed by atoms with Crippen LogP contribution in [0.1, 0.15) is 15.9 Å². The second kappa shape index (κ2) is 5.14. The monoisotopic (exact) mass is 233 g/mol. The van der Waals surface area contributed by atoms with E-state index in [1.54, 1.807) is 11.3 Å². The molecule has 2 nitrogen and oxygen atoms in total. The first-order valence-electron chi connectivity index (χ1n) is 5.29. The van der Waals surface area contributed by atoms with Gasteiger partial charge in [-0.25, -0.2) is 0 Å². The van der Waals surface area contributed by atoms with Crippen LogP contribution in [0.3, 0.4) is 0 Å². The number of aliphatic hydroxyl groups is 1. The normalized spacial score (nSPS) is 12.4. The van der Waals surface area contributed by atoms with Crippen LogP contribution in [0, 0.1) is 6.92 Å². The minimum absolute atomic E-state index is 0.432. The third kappa shape index (κ3) is 2.84. The van der Waals surface area contributed by atoms with Crippen LogP contribution in [-0.4, -0.2) is 11.7 Å². The molecule has 3 heteroatoms. The average Bonchev–Trinajstić information content (AvgIpc) is 2.74. The zero-order chi connectivity index (χ0) is 11.4. The van der Waals surface area contributed by atoms with Gasteiger partial charge in [0.05, 0.1) is 0 Å². The van der Waals surface area contributed by atoms with E-state index in [1.165, 1.54) is 4.88 Å². The van der Waals surface area contributed by atoms with Crippen molar-refractivity contribution in [3.05, 3.63) is 52.2 Å². The number of para-hydroxylation sites is 1. The highest BCUT2D eigenvalue weighted by Gasteiger charge is 2.08. The van der Waals surface area contributed by atoms with E-state index in [2.05, 4.69) is 5.32 Å². The Balaban J connectivity index is 1.91. The predicted molar refractivity (Wildman–Crippen MR) is 68.9 cm³/mol. The highest BCUT2D eigenvalue weighted by atomic mass is 32.1. The summed E-state index contributed by atoms with van der Waals surface area (Å²) in [5.41, 5.74) is 1.04. The Morgan fingerprint density at radius 1 is 1.19 bits per heavy atom. The first-order chi connectivity index (χ1) is 7.75. The number of rotatable bonds is 4. The molecular formula is C13H15NOS. The van der Waals surface area contributed by atoms with Crippen molar-refractivity contribution in [1.29, 1.82) is 0 Å². The number of aliphatic hydroxyl groups excluding tert-OH is 1. The van der Waals surface area contributed by atoms with Gasteiger partial charge < -0.3 is 10.4 Å². The standard InChI is InChI=1S/C13H15NOS/c1-10-7-8-13(16-10)12(15)9-14-11-5-3-2-4-6-11/h2-8,12,14-15H,9H2,1H3. The molecule has 0 spiro atoms. The Morgan fingerprint density at radius 2 is 1.94 bits per heavy atom. The molecule has 2 rings (SSSR count). The molecule has 0 saturated heterocycles. The summed E-state index contributed by atoms with van der Waals surface area (Å²) in [6, 6.07) is 13.9. The number of hydrogen-bond donors (Lipinski definition) is 2. The van der Waals surface area contributed by atoms with Crippen molar-refractivity contribution < 1.29 is 5.11 Å². The molecular weight excluding hydrogens is 218 g/mol. The van der Waals surface area contributed by atoms with E-state index in [4.69, 9.17) is 0 Å². The third-order valence-electron chi connectivity index (χ3n) is 2.36. The van der Waals surface area contributed by atoms with Crippen molar-refractivity contribution >= 4 is 17.0 Å². The quantitative estimate of drug-likeness (QED) is 0.850. The van der Waals surface area contributed by atoms with Gasteiger partial charge in [0.1, 0.15) is 6.10 Å². The molecule has 16 heavy (non-hydrogen) atoms. The average molecular weight is 233 g/mol. The van der Waals surface area contributed by atoms with Crippen molar-refractivity contribution in [2.75, 3.05) is 11.9 Å². The van der Waals surface area contributed by atoms with E-state index in [9.17, 15) is 5.11 Å². The largest absolute Gasteiger partial charge is 0.386 e. The summed E-state index contributed by atoms with van der Waals surface area (Å²) >= 11 is 1.64. The van der Waals surface area contributed by atoms with Crippen molar-refractivity contribution in [3.63, 3.8) is 0 Å². The highest BCUT2D eigenvalue weighted by molar-refractivity contribution is 7.12. The molecule has 0 bridgehead atoms. The van der Waals surface area contributed by atoms with Crippen LogP contribution < -0.4 is 5.32 Å². The molecule has 1 aromatic heterocycles. The molecule has 0 fully saturated rings. The van der Waals surface area contributed by atoms with Crippen molar-refractivity contribution in [2.45, 2.75) is 13.0 Å². The zero-order valence-electron chi connectivity index (χ0n) is 9.18. The van der Waals surface area contributed by atoms with Gasteiger partial charge in [-0.05, 0) is 31.2 Å². The summed E-state index contributed by atoms with van der Waals surface area (Å²) in [5.74, 6) is 0. The fraction of sp³-hybridized carbons (Fsp3) is 0.231. The summed E-state index contributed by atoms with van der Waals surface area (Å²) in [6.07, 6.45) is -0.432. The summed E-state index contributed by atoms with van der Waals surface area (Å²) in [6.45, 7) is 2.59. The van der Waals surface area contributed by atoms with E-state index >= 15 is 0 Å². The Morgan fingerprint density at radius 3 is 2.56 bits per heavy atom. The minimum Gasteiger partial charge on any atom is -0.386 e. The number of hydrogen-bond acceptors (Lipinski definition) is 3. The van der Waals surface area contributed by atoms with Crippen LogP contribution in [0.5, 0.6) is 0 Å². The van der Waals surface area contributed by atoms with E-state index in [-0.39, 0.29) is 0 Å². The summed E-state index contributed by atoms with van der Waals surface area (Å²) in [7, 11) is 0. The second-order valence-corrected chi connectivity index (χ2v) is 5.03. The molecule has 0 saturated carbocycles. The summed E-state index contributed by atoms with van der Waals surface area (Å²) in [4.78, 5) is 2.25. The number of nitrogens with one attached hydrogen (secondary N) is 1. The van der Waals surface area contributed by atoms with E-state index in [0.29, 0.717) is 6.54 Å². The lowest BCUT2D eigenvalue weighted by Gasteiger charge is -2.10. The van der Waals surface area contributed by atoms with Gasteiger partial charge in [0.25, 0.3) is 0 Å². The minimum atomic E-state index is -0.432. The lowest BCUT2D eigenvalue weighted by molar-refractivity contribution is 0.195. The molecule has 1 unspecified atom stereocenters. The maximum atomic E-state index is 9.94. The fourth-order valence-corrected chi connectivity index (χ4v) is 2.37. The molecule has 2 N–H and O–H groups in total. The topological polar surface area (TPSA) is 32.3 Å². The molecule has 84 valence electrons. The van der Waals surface area contributed by atoms with E-state index in [1.807, 2.05) is 49.4 Å². The third-order valence-corrected chi connectivity index (χ3v) is 3.46. The second-order valence-electron chi connectivity index (χ2n) is 3.71. The molecule has 0 aliphatic carbocycles. The SMILES string of the molecule is Cc1ccc(C(O)CNc2ccccc2)s1. The Labute approximate surface area is 99.6 Å². The first-order valence-corrected chi connectivity index (χ1v) is 6.10. The molecule has 1 atom stereocenters. The van der Waals surface area contributed by atoms with Gasteiger partial charge in [-0.15, -0.1) is 11.3 Å². The Hall–Kier alpha value is -1.32. The van der Waals surface area contributed by atoms with Crippen LogP contribution in [0.25, 0.3) is 0 Å². The summed E-state index contributed by atoms with van der Waals surface area (Å²) in [5, 5.41) is 13.2. The molecule has 0 radical (unpaired) electrons. The molecule has 1 aromatic carbocycles. The Bertz CT molecular complexity index is 438. The summed E-state index contributed by atoms with van der Waals surface area (Å²) < 4.78 is 0. The number of aryl methyl sites for hydroxylation is 1. The zero-order valence-corrected chi connectivity index (χ0v) is 10.00. The van der Waals surface area contributed by atoms with Crippen LogP contribution in [0.2, 0.25) is 0 Å². The van der Waals surface area contributed by atoms with Crippen molar-refractivity contribution in [1.82, 2.24) is 0 Å². The first kappa shape index (κ1) is 11.2.